The van der Waals surface area contributed by atoms with Crippen molar-refractivity contribution >= 4 is 6.21 Å². The van der Waals surface area contributed by atoms with Gasteiger partial charge < -0.3 is 5.32 Å². The van der Waals surface area contributed by atoms with Gasteiger partial charge in [0, 0.05) is 17.8 Å². The molecule has 0 unspecified atom stereocenters. The van der Waals surface area contributed by atoms with E-state index in [1.807, 2.05) is 0 Å². The Morgan fingerprint density at radius 2 is 2.08 bits per heavy atom. The van der Waals surface area contributed by atoms with Crippen LogP contribution in [0.2, 0.25) is 0 Å². The van der Waals surface area contributed by atoms with Gasteiger partial charge in [-0.2, -0.15) is 0 Å². The van der Waals surface area contributed by atoms with E-state index in [-0.39, 0.29) is 0 Å². The maximum atomic E-state index is 4.46. The Bertz CT molecular complexity index is 200. The zero-order valence-corrected chi connectivity index (χ0v) is 7.42. The fraction of sp³-hybridized carbons (Fsp3) is 0.700. The molecule has 2 heterocycles. The highest BCUT2D eigenvalue weighted by atomic mass is 14.9. The Hall–Kier alpha value is -0.630. The first-order valence-corrected chi connectivity index (χ1v) is 4.90. The Morgan fingerprint density at radius 3 is 2.75 bits per heavy atom. The van der Waals surface area contributed by atoms with Crippen molar-refractivity contribution in [2.24, 2.45) is 10.9 Å². The van der Waals surface area contributed by atoms with Crippen LogP contribution in [0.3, 0.4) is 0 Å². The number of hydrogen-bond acceptors (Lipinski definition) is 2. The fourth-order valence-corrected chi connectivity index (χ4v) is 1.92. The van der Waals surface area contributed by atoms with Gasteiger partial charge in [0.15, 0.2) is 0 Å². The number of aliphatic imine (C=N–C) groups is 1. The van der Waals surface area contributed by atoms with E-state index in [1.54, 1.807) is 0 Å². The molecule has 0 amide bonds. The van der Waals surface area contributed by atoms with Gasteiger partial charge in [-0.25, -0.2) is 0 Å². The minimum Gasteiger partial charge on any atom is -0.317 e. The zero-order chi connectivity index (χ0) is 8.23. The molecule has 1 N–H and O–H groups in total. The molecule has 1 fully saturated rings. The van der Waals surface area contributed by atoms with Crippen LogP contribution < -0.4 is 5.32 Å². The molecule has 2 aliphatic heterocycles. The molecule has 0 atom stereocenters. The summed E-state index contributed by atoms with van der Waals surface area (Å²) in [4.78, 5) is 4.46. The van der Waals surface area contributed by atoms with Crippen molar-refractivity contribution in [3.8, 4) is 0 Å². The molecule has 66 valence electrons. The Morgan fingerprint density at radius 1 is 1.25 bits per heavy atom. The van der Waals surface area contributed by atoms with E-state index in [4.69, 9.17) is 0 Å². The van der Waals surface area contributed by atoms with Crippen molar-refractivity contribution in [1.29, 1.82) is 0 Å². The lowest BCUT2D eigenvalue weighted by Gasteiger charge is -2.23. The van der Waals surface area contributed by atoms with E-state index in [0.717, 1.165) is 25.4 Å². The van der Waals surface area contributed by atoms with Crippen LogP contribution in [-0.4, -0.2) is 19.3 Å². The van der Waals surface area contributed by atoms with Gasteiger partial charge in [0.25, 0.3) is 0 Å². The highest BCUT2D eigenvalue weighted by Gasteiger charge is 2.17. The van der Waals surface area contributed by atoms with Crippen LogP contribution in [0.5, 0.6) is 0 Å². The van der Waals surface area contributed by atoms with Gasteiger partial charge in [0.1, 0.15) is 0 Å². The lowest BCUT2D eigenvalue weighted by atomic mass is 9.93. The van der Waals surface area contributed by atoms with Gasteiger partial charge in [0.05, 0.1) is 0 Å². The van der Waals surface area contributed by atoms with Crippen LogP contribution in [0.25, 0.3) is 0 Å². The van der Waals surface area contributed by atoms with Crippen molar-refractivity contribution in [1.82, 2.24) is 5.32 Å². The third-order valence-electron chi connectivity index (χ3n) is 2.65. The number of nitrogens with one attached hydrogen (secondary N) is 1. The largest absolute Gasteiger partial charge is 0.317 e. The Labute approximate surface area is 73.8 Å². The number of nitrogens with zero attached hydrogens (tertiary/aromatic N) is 1. The Kier molecular flexibility index (Phi) is 2.57. The molecule has 2 nitrogen and oxygen atoms in total. The summed E-state index contributed by atoms with van der Waals surface area (Å²) in [5, 5.41) is 3.37. The molecule has 12 heavy (non-hydrogen) atoms. The maximum absolute atomic E-state index is 4.46. The van der Waals surface area contributed by atoms with E-state index < -0.39 is 0 Å². The molecule has 1 saturated heterocycles. The second-order valence-electron chi connectivity index (χ2n) is 3.54. The first-order valence-electron chi connectivity index (χ1n) is 4.90. The average Bonchev–Trinajstić information content (AvgIpc) is 2.21. The number of piperidine rings is 1. The summed E-state index contributed by atoms with van der Waals surface area (Å²) in [6, 6.07) is 0. The average molecular weight is 164 g/mol. The first-order chi connectivity index (χ1) is 5.97. The smallest absolute Gasteiger partial charge is 0.0391 e. The van der Waals surface area contributed by atoms with E-state index in [9.17, 15) is 0 Å². The lowest BCUT2D eigenvalue weighted by Crippen LogP contribution is -2.28. The predicted molar refractivity (Wildman–Crippen MR) is 51.4 cm³/mol. The van der Waals surface area contributed by atoms with Gasteiger partial charge in [-0.05, 0) is 38.8 Å². The van der Waals surface area contributed by atoms with E-state index in [2.05, 4.69) is 22.6 Å². The SMILES string of the molecule is C1=NC(C2CCNCC2)=CCC1. The molecule has 0 aromatic rings. The van der Waals surface area contributed by atoms with Crippen LogP contribution in [0.4, 0.5) is 0 Å². The van der Waals surface area contributed by atoms with Crippen molar-refractivity contribution < 1.29 is 0 Å². The topological polar surface area (TPSA) is 24.4 Å². The minimum atomic E-state index is 0.739. The second-order valence-corrected chi connectivity index (χ2v) is 3.54. The van der Waals surface area contributed by atoms with Crippen LogP contribution >= 0.6 is 0 Å². The summed E-state index contributed by atoms with van der Waals surface area (Å²) in [6.45, 7) is 2.33. The molecular formula is C10H16N2. The van der Waals surface area contributed by atoms with Crippen molar-refractivity contribution in [3.63, 3.8) is 0 Å². The summed E-state index contributed by atoms with van der Waals surface area (Å²) >= 11 is 0. The first kappa shape index (κ1) is 7.99. The monoisotopic (exact) mass is 164 g/mol. The van der Waals surface area contributed by atoms with Crippen LogP contribution in [-0.2, 0) is 0 Å². The van der Waals surface area contributed by atoms with Gasteiger partial charge in [-0.15, -0.1) is 0 Å². The molecule has 0 bridgehead atoms. The number of hydrogen-bond donors (Lipinski definition) is 1. The minimum absolute atomic E-state index is 0.739. The van der Waals surface area contributed by atoms with E-state index in [1.165, 1.54) is 25.0 Å². The molecule has 2 aliphatic rings. The summed E-state index contributed by atoms with van der Waals surface area (Å²) < 4.78 is 0. The lowest BCUT2D eigenvalue weighted by molar-refractivity contribution is 0.416. The van der Waals surface area contributed by atoms with Crippen molar-refractivity contribution in [3.05, 3.63) is 11.8 Å². The van der Waals surface area contributed by atoms with Gasteiger partial charge >= 0.3 is 0 Å². The molecular weight excluding hydrogens is 148 g/mol. The molecule has 0 saturated carbocycles. The predicted octanol–water partition coefficient (Wildman–Crippen LogP) is 1.73. The van der Waals surface area contributed by atoms with Crippen LogP contribution in [0.1, 0.15) is 25.7 Å². The zero-order valence-electron chi connectivity index (χ0n) is 7.42. The van der Waals surface area contributed by atoms with E-state index in [0.29, 0.717) is 0 Å². The fourth-order valence-electron chi connectivity index (χ4n) is 1.92. The summed E-state index contributed by atoms with van der Waals surface area (Å²) in [5.41, 5.74) is 1.35. The highest BCUT2D eigenvalue weighted by Crippen LogP contribution is 2.24. The second kappa shape index (κ2) is 3.85. The maximum Gasteiger partial charge on any atom is 0.0391 e. The number of allylic oxidation sites excluding steroid dienone is 2. The third kappa shape index (κ3) is 1.75. The van der Waals surface area contributed by atoms with Crippen molar-refractivity contribution in [2.75, 3.05) is 13.1 Å². The summed E-state index contributed by atoms with van der Waals surface area (Å²) in [5.74, 6) is 0.739. The van der Waals surface area contributed by atoms with E-state index >= 15 is 0 Å². The summed E-state index contributed by atoms with van der Waals surface area (Å²) in [7, 11) is 0. The Balaban J connectivity index is 1.97. The quantitative estimate of drug-likeness (QED) is 0.627. The molecule has 0 aromatic heterocycles. The van der Waals surface area contributed by atoms with Crippen LogP contribution in [0, 0.1) is 5.92 Å². The van der Waals surface area contributed by atoms with Crippen molar-refractivity contribution in [2.45, 2.75) is 25.7 Å². The normalized spacial score (nSPS) is 25.5. The highest BCUT2D eigenvalue weighted by molar-refractivity contribution is 5.60. The standard InChI is InChI=1S/C10H16N2/c1-2-6-12-10(3-1)9-4-7-11-8-5-9/h3,6,9,11H,1-2,4-5,7-8H2. The van der Waals surface area contributed by atoms with Gasteiger partial charge in [-0.3, -0.25) is 4.99 Å². The van der Waals surface area contributed by atoms with Gasteiger partial charge in [0.2, 0.25) is 0 Å². The molecule has 0 radical (unpaired) electrons. The van der Waals surface area contributed by atoms with Crippen LogP contribution in [0.15, 0.2) is 16.8 Å². The number of rotatable bonds is 1. The molecule has 0 aliphatic carbocycles. The summed E-state index contributed by atoms with van der Waals surface area (Å²) in [6.07, 6.45) is 9.25. The molecule has 0 aromatic carbocycles. The third-order valence-corrected chi connectivity index (χ3v) is 2.65. The molecule has 2 heteroatoms. The molecule has 0 spiro atoms. The molecule has 2 rings (SSSR count). The van der Waals surface area contributed by atoms with Gasteiger partial charge in [-0.1, -0.05) is 6.08 Å².